The van der Waals surface area contributed by atoms with Crippen LogP contribution in [-0.2, 0) is 4.79 Å². The van der Waals surface area contributed by atoms with Crippen LogP contribution in [0.25, 0.3) is 0 Å². The normalized spacial score (nSPS) is 10.1. The van der Waals surface area contributed by atoms with Crippen LogP contribution in [0.1, 0.15) is 13.3 Å². The summed E-state index contributed by atoms with van der Waals surface area (Å²) in [5, 5.41) is 3.12. The Morgan fingerprint density at radius 3 is 2.94 bits per heavy atom. The fraction of sp³-hybridized carbons (Fsp3) is 0.500. The van der Waals surface area contributed by atoms with E-state index < -0.39 is 0 Å². The lowest BCUT2D eigenvalue weighted by Crippen LogP contribution is -2.36. The molecule has 1 heterocycles. The van der Waals surface area contributed by atoms with E-state index in [4.69, 9.17) is 11.6 Å². The number of halogens is 2. The Morgan fingerprint density at radius 1 is 1.59 bits per heavy atom. The molecule has 0 spiro atoms. The minimum atomic E-state index is -0.0454. The molecule has 94 valence electrons. The minimum Gasteiger partial charge on any atom is -0.355 e. The van der Waals surface area contributed by atoms with Crippen molar-refractivity contribution in [1.82, 2.24) is 15.3 Å². The first-order valence-electron chi connectivity index (χ1n) is 5.20. The largest absolute Gasteiger partial charge is 0.355 e. The van der Waals surface area contributed by atoms with Crippen LogP contribution in [0.2, 0.25) is 5.15 Å². The fourth-order valence-electron chi connectivity index (χ4n) is 1.22. The Hall–Kier alpha value is -0.880. The van der Waals surface area contributed by atoms with E-state index in [1.54, 1.807) is 11.9 Å². The summed E-state index contributed by atoms with van der Waals surface area (Å²) in [6.45, 7) is 2.91. The number of nitrogens with zero attached hydrogens (tertiary/aromatic N) is 3. The van der Waals surface area contributed by atoms with Crippen LogP contribution in [0.4, 0.5) is 5.82 Å². The van der Waals surface area contributed by atoms with Crippen LogP contribution in [-0.4, -0.2) is 36.0 Å². The average Bonchev–Trinajstić information content (AvgIpc) is 2.29. The van der Waals surface area contributed by atoms with Gasteiger partial charge in [-0.05, 0) is 22.4 Å². The van der Waals surface area contributed by atoms with Crippen LogP contribution in [0, 0.1) is 0 Å². The topological polar surface area (TPSA) is 58.1 Å². The van der Waals surface area contributed by atoms with E-state index in [0.29, 0.717) is 22.0 Å². The van der Waals surface area contributed by atoms with Gasteiger partial charge in [0.25, 0.3) is 0 Å². The summed E-state index contributed by atoms with van der Waals surface area (Å²) in [6, 6.07) is 0. The zero-order valence-corrected chi connectivity index (χ0v) is 12.0. The zero-order valence-electron chi connectivity index (χ0n) is 9.70. The summed E-state index contributed by atoms with van der Waals surface area (Å²) in [5.74, 6) is 0.549. The van der Waals surface area contributed by atoms with Gasteiger partial charge in [0.1, 0.15) is 17.3 Å². The number of likely N-dealkylation sites (N-methyl/N-ethyl adjacent to an activating group) is 1. The molecule has 1 aromatic heterocycles. The van der Waals surface area contributed by atoms with Crippen LogP contribution < -0.4 is 10.2 Å². The van der Waals surface area contributed by atoms with Crippen LogP contribution in [0.3, 0.4) is 0 Å². The molecule has 7 heteroatoms. The smallest absolute Gasteiger partial charge is 0.239 e. The van der Waals surface area contributed by atoms with E-state index in [-0.39, 0.29) is 12.5 Å². The standard InChI is InChI=1S/C10H14BrClN4O/c1-3-4-13-7(17)5-16(2)10-8(11)9(12)14-6-15-10/h6H,3-5H2,1-2H3,(H,13,17). The highest BCUT2D eigenvalue weighted by Crippen LogP contribution is 2.27. The molecule has 1 aromatic rings. The first-order chi connectivity index (χ1) is 8.06. The van der Waals surface area contributed by atoms with Crippen molar-refractivity contribution in [2.24, 2.45) is 0 Å². The highest BCUT2D eigenvalue weighted by atomic mass is 79.9. The van der Waals surface area contributed by atoms with Crippen LogP contribution in [0.5, 0.6) is 0 Å². The molecule has 1 amide bonds. The van der Waals surface area contributed by atoms with Crippen molar-refractivity contribution >= 4 is 39.3 Å². The lowest BCUT2D eigenvalue weighted by Gasteiger charge is -2.18. The first kappa shape index (κ1) is 14.2. The van der Waals surface area contributed by atoms with E-state index in [0.717, 1.165) is 6.42 Å². The van der Waals surface area contributed by atoms with Crippen molar-refractivity contribution < 1.29 is 4.79 Å². The first-order valence-corrected chi connectivity index (χ1v) is 6.37. The lowest BCUT2D eigenvalue weighted by molar-refractivity contribution is -0.119. The molecule has 0 aliphatic carbocycles. The molecule has 0 aliphatic heterocycles. The number of hydrogen-bond acceptors (Lipinski definition) is 4. The van der Waals surface area contributed by atoms with Gasteiger partial charge in [-0.25, -0.2) is 9.97 Å². The van der Waals surface area contributed by atoms with Gasteiger partial charge in [0.05, 0.1) is 11.0 Å². The third kappa shape index (κ3) is 4.12. The number of nitrogens with one attached hydrogen (secondary N) is 1. The number of aromatic nitrogens is 2. The summed E-state index contributed by atoms with van der Waals surface area (Å²) >= 11 is 9.15. The second kappa shape index (κ2) is 6.76. The quantitative estimate of drug-likeness (QED) is 0.841. The molecule has 0 radical (unpaired) electrons. The summed E-state index contributed by atoms with van der Waals surface area (Å²) in [6.07, 6.45) is 2.28. The van der Waals surface area contributed by atoms with E-state index in [1.807, 2.05) is 6.92 Å². The predicted molar refractivity (Wildman–Crippen MR) is 71.3 cm³/mol. The van der Waals surface area contributed by atoms with Crippen molar-refractivity contribution in [3.8, 4) is 0 Å². The Kier molecular flexibility index (Phi) is 5.64. The van der Waals surface area contributed by atoms with Crippen LogP contribution in [0.15, 0.2) is 10.8 Å². The Labute approximate surface area is 114 Å². The molecule has 0 unspecified atom stereocenters. The average molecular weight is 322 g/mol. The number of rotatable bonds is 5. The highest BCUT2D eigenvalue weighted by Gasteiger charge is 2.13. The summed E-state index contributed by atoms with van der Waals surface area (Å²) < 4.78 is 0.590. The van der Waals surface area contributed by atoms with Crippen LogP contribution >= 0.6 is 27.5 Å². The Bertz CT molecular complexity index is 402. The van der Waals surface area contributed by atoms with Gasteiger partial charge in [-0.3, -0.25) is 4.79 Å². The van der Waals surface area contributed by atoms with Gasteiger partial charge in [-0.2, -0.15) is 0 Å². The van der Waals surface area contributed by atoms with E-state index >= 15 is 0 Å². The number of hydrogen-bond donors (Lipinski definition) is 1. The molecule has 17 heavy (non-hydrogen) atoms. The van der Waals surface area contributed by atoms with Crippen molar-refractivity contribution in [1.29, 1.82) is 0 Å². The predicted octanol–water partition coefficient (Wildman–Crippen LogP) is 1.85. The molecule has 0 bridgehead atoms. The van der Waals surface area contributed by atoms with Gasteiger partial charge in [-0.15, -0.1) is 0 Å². The Morgan fingerprint density at radius 2 is 2.29 bits per heavy atom. The number of amides is 1. The van der Waals surface area contributed by atoms with E-state index in [9.17, 15) is 4.79 Å². The molecule has 0 saturated carbocycles. The molecular formula is C10H14BrClN4O. The third-order valence-electron chi connectivity index (χ3n) is 2.04. The molecule has 0 aromatic carbocycles. The summed E-state index contributed by atoms with van der Waals surface area (Å²) in [4.78, 5) is 21.2. The van der Waals surface area contributed by atoms with Gasteiger partial charge in [-0.1, -0.05) is 18.5 Å². The molecule has 0 aliphatic rings. The number of carbonyl (C=O) groups is 1. The van der Waals surface area contributed by atoms with E-state index in [1.165, 1.54) is 6.33 Å². The highest BCUT2D eigenvalue weighted by molar-refractivity contribution is 9.10. The molecule has 1 rings (SSSR count). The molecule has 0 fully saturated rings. The van der Waals surface area contributed by atoms with E-state index in [2.05, 4.69) is 31.2 Å². The third-order valence-corrected chi connectivity index (χ3v) is 3.29. The maximum atomic E-state index is 11.5. The van der Waals surface area contributed by atoms with Gasteiger partial charge in [0, 0.05) is 13.6 Å². The van der Waals surface area contributed by atoms with Gasteiger partial charge >= 0.3 is 0 Å². The molecule has 1 N–H and O–H groups in total. The molecule has 5 nitrogen and oxygen atoms in total. The molecule has 0 saturated heterocycles. The van der Waals surface area contributed by atoms with Gasteiger partial charge in [0.15, 0.2) is 0 Å². The van der Waals surface area contributed by atoms with Crippen molar-refractivity contribution in [2.45, 2.75) is 13.3 Å². The lowest BCUT2D eigenvalue weighted by atomic mass is 10.4. The monoisotopic (exact) mass is 320 g/mol. The minimum absolute atomic E-state index is 0.0454. The van der Waals surface area contributed by atoms with Gasteiger partial charge < -0.3 is 10.2 Å². The number of carbonyl (C=O) groups excluding carboxylic acids is 1. The molecular weight excluding hydrogens is 307 g/mol. The fourth-order valence-corrected chi connectivity index (χ4v) is 1.85. The zero-order chi connectivity index (χ0) is 12.8. The van der Waals surface area contributed by atoms with Crippen molar-refractivity contribution in [3.63, 3.8) is 0 Å². The summed E-state index contributed by atoms with van der Waals surface area (Å²) in [5.41, 5.74) is 0. The second-order valence-corrected chi connectivity index (χ2v) is 4.66. The number of anilines is 1. The van der Waals surface area contributed by atoms with Gasteiger partial charge in [0.2, 0.25) is 5.91 Å². The second-order valence-electron chi connectivity index (χ2n) is 3.51. The van der Waals surface area contributed by atoms with Crippen molar-refractivity contribution in [3.05, 3.63) is 16.0 Å². The Balaban J connectivity index is 2.66. The molecule has 0 atom stereocenters. The SMILES string of the molecule is CCCNC(=O)CN(C)c1ncnc(Cl)c1Br. The summed E-state index contributed by atoms with van der Waals surface area (Å²) in [7, 11) is 1.77. The maximum absolute atomic E-state index is 11.5. The maximum Gasteiger partial charge on any atom is 0.239 e. The van der Waals surface area contributed by atoms with Crippen molar-refractivity contribution in [2.75, 3.05) is 25.0 Å².